The number of amides is 1. The number of hydrazine groups is 1. The number of nitrogens with zero attached hydrogens (tertiary/aromatic N) is 1. The van der Waals surface area contributed by atoms with Crippen LogP contribution in [0.1, 0.15) is 24.4 Å². The molecule has 0 spiro atoms. The molecule has 0 bridgehead atoms. The Morgan fingerprint density at radius 3 is 2.65 bits per heavy atom. The number of phenols is 1. The van der Waals surface area contributed by atoms with Crippen molar-refractivity contribution in [3.63, 3.8) is 0 Å². The third kappa shape index (κ3) is 4.53. The molecule has 6 nitrogen and oxygen atoms in total. The molecular formula is C20H26N4O2. The fourth-order valence-electron chi connectivity index (χ4n) is 3.18. The number of hydrogen-bond acceptors (Lipinski definition) is 5. The van der Waals surface area contributed by atoms with Crippen LogP contribution in [0.25, 0.3) is 0 Å². The summed E-state index contributed by atoms with van der Waals surface area (Å²) in [5.74, 6) is 0.231. The Kier molecular flexibility index (Phi) is 6.09. The van der Waals surface area contributed by atoms with Crippen LogP contribution in [0.15, 0.2) is 54.6 Å². The van der Waals surface area contributed by atoms with E-state index in [0.717, 1.165) is 18.5 Å². The third-order valence-corrected chi connectivity index (χ3v) is 4.70. The minimum atomic E-state index is -0.300. The van der Waals surface area contributed by atoms with Gasteiger partial charge in [-0.05, 0) is 31.0 Å². The van der Waals surface area contributed by atoms with E-state index in [0.29, 0.717) is 13.0 Å². The highest BCUT2D eigenvalue weighted by Gasteiger charge is 2.30. The van der Waals surface area contributed by atoms with Gasteiger partial charge in [-0.2, -0.15) is 0 Å². The first-order valence-electron chi connectivity index (χ1n) is 8.98. The number of carbonyl (C=O) groups excluding carboxylic acids is 1. The second-order valence-corrected chi connectivity index (χ2v) is 6.59. The lowest BCUT2D eigenvalue weighted by Gasteiger charge is -2.19. The first-order chi connectivity index (χ1) is 12.6. The lowest BCUT2D eigenvalue weighted by molar-refractivity contribution is -0.122. The number of anilines is 1. The molecule has 0 radical (unpaired) electrons. The van der Waals surface area contributed by atoms with Crippen LogP contribution < -0.4 is 21.1 Å². The van der Waals surface area contributed by atoms with Gasteiger partial charge in [0, 0.05) is 31.4 Å². The van der Waals surface area contributed by atoms with Crippen LogP contribution in [-0.4, -0.2) is 37.2 Å². The number of para-hydroxylation sites is 2. The number of rotatable bonds is 7. The van der Waals surface area contributed by atoms with Crippen LogP contribution in [0.4, 0.5) is 5.69 Å². The number of benzene rings is 2. The molecule has 2 unspecified atom stereocenters. The average molecular weight is 354 g/mol. The van der Waals surface area contributed by atoms with Gasteiger partial charge in [-0.15, -0.1) is 0 Å². The highest BCUT2D eigenvalue weighted by molar-refractivity contribution is 5.82. The van der Waals surface area contributed by atoms with Gasteiger partial charge in [0.15, 0.2) is 0 Å². The first-order valence-corrected chi connectivity index (χ1v) is 8.98. The Labute approximate surface area is 154 Å². The van der Waals surface area contributed by atoms with Crippen molar-refractivity contribution in [2.24, 2.45) is 0 Å². The van der Waals surface area contributed by atoms with Gasteiger partial charge in [0.2, 0.25) is 5.91 Å². The molecule has 1 aliphatic heterocycles. The van der Waals surface area contributed by atoms with Crippen molar-refractivity contribution in [1.29, 1.82) is 0 Å². The van der Waals surface area contributed by atoms with Crippen molar-refractivity contribution in [1.82, 2.24) is 16.2 Å². The fourth-order valence-corrected chi connectivity index (χ4v) is 3.18. The van der Waals surface area contributed by atoms with Gasteiger partial charge in [0.1, 0.15) is 11.8 Å². The largest absolute Gasteiger partial charge is 0.508 e. The molecule has 4 N–H and O–H groups in total. The summed E-state index contributed by atoms with van der Waals surface area (Å²) in [5.41, 5.74) is 8.10. The number of hydrogen-bond donors (Lipinski definition) is 4. The van der Waals surface area contributed by atoms with E-state index in [2.05, 4.69) is 40.2 Å². The monoisotopic (exact) mass is 354 g/mol. The molecule has 2 aromatic carbocycles. The zero-order valence-corrected chi connectivity index (χ0v) is 15.0. The van der Waals surface area contributed by atoms with Crippen molar-refractivity contribution in [3.8, 4) is 5.75 Å². The predicted octanol–water partition coefficient (Wildman–Crippen LogP) is 1.94. The van der Waals surface area contributed by atoms with E-state index in [1.165, 1.54) is 5.69 Å². The molecule has 2 aromatic rings. The summed E-state index contributed by atoms with van der Waals surface area (Å²) < 4.78 is 0. The van der Waals surface area contributed by atoms with Crippen LogP contribution >= 0.6 is 0 Å². The minimum Gasteiger partial charge on any atom is -0.508 e. The van der Waals surface area contributed by atoms with E-state index in [-0.39, 0.29) is 23.7 Å². The van der Waals surface area contributed by atoms with Gasteiger partial charge in [0.25, 0.3) is 0 Å². The lowest BCUT2D eigenvalue weighted by Crippen LogP contribution is -2.43. The Bertz CT molecular complexity index is 723. The molecule has 2 atom stereocenters. The quantitative estimate of drug-likeness (QED) is 0.572. The van der Waals surface area contributed by atoms with Gasteiger partial charge in [-0.25, -0.2) is 10.9 Å². The van der Waals surface area contributed by atoms with Crippen molar-refractivity contribution in [2.75, 3.05) is 25.0 Å². The van der Waals surface area contributed by atoms with E-state index in [4.69, 9.17) is 0 Å². The second kappa shape index (κ2) is 8.69. The maximum Gasteiger partial charge on any atom is 0.238 e. The molecule has 0 aliphatic carbocycles. The number of nitrogens with one attached hydrogen (secondary N) is 3. The Morgan fingerprint density at radius 2 is 1.88 bits per heavy atom. The normalized spacial score (nSPS) is 19.3. The molecule has 0 saturated carbocycles. The highest BCUT2D eigenvalue weighted by atomic mass is 16.3. The summed E-state index contributed by atoms with van der Waals surface area (Å²) in [4.78, 5) is 14.5. The zero-order chi connectivity index (χ0) is 18.4. The smallest absolute Gasteiger partial charge is 0.238 e. The fraction of sp³-hybridized carbons (Fsp3) is 0.350. The lowest BCUT2D eigenvalue weighted by atomic mass is 10.0. The molecule has 0 aromatic heterocycles. The number of aromatic hydroxyl groups is 1. The first kappa shape index (κ1) is 18.2. The Hall–Kier alpha value is -2.57. The predicted molar refractivity (Wildman–Crippen MR) is 103 cm³/mol. The second-order valence-electron chi connectivity index (χ2n) is 6.59. The van der Waals surface area contributed by atoms with Crippen LogP contribution in [0.3, 0.4) is 0 Å². The van der Waals surface area contributed by atoms with E-state index < -0.39 is 0 Å². The molecule has 6 heteroatoms. The SMILES string of the molecule is CN(CCCNC(=O)C1CC(c2ccccc2O)NN1)c1ccccc1. The van der Waals surface area contributed by atoms with Crippen molar-refractivity contribution >= 4 is 11.6 Å². The summed E-state index contributed by atoms with van der Waals surface area (Å²) >= 11 is 0. The molecule has 1 saturated heterocycles. The topological polar surface area (TPSA) is 76.6 Å². The zero-order valence-electron chi connectivity index (χ0n) is 15.0. The van der Waals surface area contributed by atoms with Crippen LogP contribution in [0.5, 0.6) is 5.75 Å². The summed E-state index contributed by atoms with van der Waals surface area (Å²) in [7, 11) is 2.05. The van der Waals surface area contributed by atoms with Gasteiger partial charge < -0.3 is 15.3 Å². The molecule has 26 heavy (non-hydrogen) atoms. The van der Waals surface area contributed by atoms with E-state index in [1.807, 2.05) is 30.3 Å². The molecule has 138 valence electrons. The molecular weight excluding hydrogens is 328 g/mol. The van der Waals surface area contributed by atoms with Crippen molar-refractivity contribution in [3.05, 3.63) is 60.2 Å². The van der Waals surface area contributed by atoms with Crippen molar-refractivity contribution < 1.29 is 9.90 Å². The van der Waals surface area contributed by atoms with Crippen LogP contribution in [0.2, 0.25) is 0 Å². The third-order valence-electron chi connectivity index (χ3n) is 4.70. The maximum atomic E-state index is 12.3. The summed E-state index contributed by atoms with van der Waals surface area (Å²) in [6.45, 7) is 1.51. The van der Waals surface area contributed by atoms with E-state index in [1.54, 1.807) is 12.1 Å². The summed E-state index contributed by atoms with van der Waals surface area (Å²) in [5, 5.41) is 12.9. The van der Waals surface area contributed by atoms with Gasteiger partial charge in [-0.3, -0.25) is 4.79 Å². The Morgan fingerprint density at radius 1 is 1.15 bits per heavy atom. The van der Waals surface area contributed by atoms with Crippen LogP contribution in [-0.2, 0) is 4.79 Å². The van der Waals surface area contributed by atoms with Crippen molar-refractivity contribution in [2.45, 2.75) is 24.9 Å². The molecule has 1 aliphatic rings. The number of phenolic OH excluding ortho intramolecular Hbond substituents is 1. The maximum absolute atomic E-state index is 12.3. The molecule has 1 fully saturated rings. The van der Waals surface area contributed by atoms with Gasteiger partial charge in [0.05, 0.1) is 6.04 Å². The van der Waals surface area contributed by atoms with E-state index in [9.17, 15) is 9.90 Å². The van der Waals surface area contributed by atoms with Gasteiger partial charge in [-0.1, -0.05) is 36.4 Å². The molecule has 1 heterocycles. The number of carbonyl (C=O) groups is 1. The molecule has 3 rings (SSSR count). The van der Waals surface area contributed by atoms with Crippen LogP contribution in [0, 0.1) is 0 Å². The Balaban J connectivity index is 1.40. The van der Waals surface area contributed by atoms with Gasteiger partial charge >= 0.3 is 0 Å². The highest BCUT2D eigenvalue weighted by Crippen LogP contribution is 2.29. The molecule has 1 amide bonds. The average Bonchev–Trinajstić information content (AvgIpc) is 3.16. The van der Waals surface area contributed by atoms with E-state index >= 15 is 0 Å². The standard InChI is InChI=1S/C20H26N4O2/c1-24(15-8-3-2-4-9-15)13-7-12-21-20(26)18-14-17(22-23-18)16-10-5-6-11-19(16)25/h2-6,8-11,17-18,22-23,25H,7,12-14H2,1H3,(H,21,26). The summed E-state index contributed by atoms with van der Waals surface area (Å²) in [6.07, 6.45) is 1.48. The summed E-state index contributed by atoms with van der Waals surface area (Å²) in [6, 6.07) is 17.0. The minimum absolute atomic E-state index is 0.0159.